The number of furan rings is 1. The second kappa shape index (κ2) is 8.42. The highest BCUT2D eigenvalue weighted by atomic mass is 19.1. The van der Waals surface area contributed by atoms with Gasteiger partial charge in [0.05, 0.1) is 29.7 Å². The highest BCUT2D eigenvalue weighted by molar-refractivity contribution is 6.02. The van der Waals surface area contributed by atoms with E-state index in [0.717, 1.165) is 36.9 Å². The zero-order valence-corrected chi connectivity index (χ0v) is 17.2. The first-order valence-electron chi connectivity index (χ1n) is 10.6. The summed E-state index contributed by atoms with van der Waals surface area (Å²) in [6.45, 7) is 0. The smallest absolute Gasteiger partial charge is 0.291 e. The Labute approximate surface area is 183 Å². The van der Waals surface area contributed by atoms with E-state index in [1.165, 1.54) is 30.5 Å². The molecular formula is C25H21F2N3O2. The lowest BCUT2D eigenvalue weighted by Crippen LogP contribution is -2.12. The molecule has 1 N–H and O–H groups in total. The van der Waals surface area contributed by atoms with Gasteiger partial charge in [0.15, 0.2) is 5.76 Å². The van der Waals surface area contributed by atoms with Gasteiger partial charge < -0.3 is 14.3 Å². The van der Waals surface area contributed by atoms with Gasteiger partial charge in [-0.2, -0.15) is 0 Å². The predicted molar refractivity (Wildman–Crippen MR) is 117 cm³/mol. The fraction of sp³-hybridized carbons (Fsp3) is 0.200. The summed E-state index contributed by atoms with van der Waals surface area (Å²) in [5.74, 6) is -1.31. The minimum atomic E-state index is -0.552. The van der Waals surface area contributed by atoms with Gasteiger partial charge >= 0.3 is 0 Å². The van der Waals surface area contributed by atoms with Crippen LogP contribution in [0.5, 0.6) is 0 Å². The fourth-order valence-electron chi connectivity index (χ4n) is 4.29. The fourth-order valence-corrected chi connectivity index (χ4v) is 4.29. The van der Waals surface area contributed by atoms with Crippen molar-refractivity contribution in [2.75, 3.05) is 5.32 Å². The van der Waals surface area contributed by atoms with Gasteiger partial charge in [-0.15, -0.1) is 0 Å². The Morgan fingerprint density at radius 2 is 1.78 bits per heavy atom. The number of hydrogen-bond acceptors (Lipinski definition) is 3. The largest absolute Gasteiger partial charge is 0.459 e. The van der Waals surface area contributed by atoms with E-state index in [1.54, 1.807) is 36.7 Å². The second-order valence-electron chi connectivity index (χ2n) is 7.92. The molecule has 4 aromatic rings. The molecule has 2 heterocycles. The van der Waals surface area contributed by atoms with Crippen molar-refractivity contribution in [1.82, 2.24) is 9.55 Å². The van der Waals surface area contributed by atoms with Gasteiger partial charge in [-0.1, -0.05) is 12.8 Å². The van der Waals surface area contributed by atoms with E-state index in [4.69, 9.17) is 4.42 Å². The average molecular weight is 433 g/mol. The van der Waals surface area contributed by atoms with E-state index in [0.29, 0.717) is 11.3 Å². The van der Waals surface area contributed by atoms with Crippen LogP contribution in [0.2, 0.25) is 0 Å². The number of nitrogens with zero attached hydrogens (tertiary/aromatic N) is 2. The quantitative estimate of drug-likeness (QED) is 0.393. The van der Waals surface area contributed by atoms with Gasteiger partial charge in [-0.25, -0.2) is 13.8 Å². The van der Waals surface area contributed by atoms with Crippen LogP contribution >= 0.6 is 0 Å². The molecule has 0 bridgehead atoms. The number of anilines is 1. The third kappa shape index (κ3) is 3.82. The molecule has 5 rings (SSSR count). The lowest BCUT2D eigenvalue weighted by Gasteiger charge is -2.17. The summed E-state index contributed by atoms with van der Waals surface area (Å²) < 4.78 is 35.3. The van der Waals surface area contributed by atoms with E-state index in [2.05, 4.69) is 14.9 Å². The molecule has 0 saturated heterocycles. The molecule has 1 aliphatic carbocycles. The van der Waals surface area contributed by atoms with Gasteiger partial charge in [0.25, 0.3) is 5.91 Å². The van der Waals surface area contributed by atoms with Crippen molar-refractivity contribution in [3.8, 4) is 22.5 Å². The van der Waals surface area contributed by atoms with Crippen LogP contribution in [-0.2, 0) is 0 Å². The average Bonchev–Trinajstić information content (AvgIpc) is 3.56. The van der Waals surface area contributed by atoms with E-state index < -0.39 is 11.7 Å². The molecule has 1 saturated carbocycles. The zero-order chi connectivity index (χ0) is 22.1. The van der Waals surface area contributed by atoms with Gasteiger partial charge in [0, 0.05) is 17.2 Å². The Morgan fingerprint density at radius 1 is 1.03 bits per heavy atom. The molecule has 2 aromatic heterocycles. The minimum absolute atomic E-state index is 0.0492. The number of halogens is 2. The van der Waals surface area contributed by atoms with Crippen molar-refractivity contribution >= 4 is 11.6 Å². The first kappa shape index (κ1) is 20.2. The number of amides is 1. The summed E-state index contributed by atoms with van der Waals surface area (Å²) >= 11 is 0. The summed E-state index contributed by atoms with van der Waals surface area (Å²) in [5.41, 5.74) is 3.03. The molecular weight excluding hydrogens is 412 g/mol. The second-order valence-corrected chi connectivity index (χ2v) is 7.92. The van der Waals surface area contributed by atoms with E-state index in [-0.39, 0.29) is 23.3 Å². The molecule has 1 fully saturated rings. The van der Waals surface area contributed by atoms with Crippen LogP contribution in [0, 0.1) is 11.6 Å². The predicted octanol–water partition coefficient (Wildman–Crippen LogP) is 6.46. The maximum absolute atomic E-state index is 14.6. The van der Waals surface area contributed by atoms with Crippen molar-refractivity contribution in [3.63, 3.8) is 0 Å². The summed E-state index contributed by atoms with van der Waals surface area (Å²) in [5, 5.41) is 2.58. The summed E-state index contributed by atoms with van der Waals surface area (Å²) in [4.78, 5) is 17.0. The molecule has 162 valence electrons. The highest BCUT2D eigenvalue weighted by Crippen LogP contribution is 2.39. The molecule has 1 amide bonds. The highest BCUT2D eigenvalue weighted by Gasteiger charge is 2.24. The van der Waals surface area contributed by atoms with E-state index in [1.807, 2.05) is 0 Å². The van der Waals surface area contributed by atoms with Crippen LogP contribution in [-0.4, -0.2) is 15.5 Å². The lowest BCUT2D eigenvalue weighted by atomic mass is 10.0. The van der Waals surface area contributed by atoms with Crippen LogP contribution in [0.4, 0.5) is 14.5 Å². The number of imidazole rings is 1. The normalized spacial score (nSPS) is 14.1. The van der Waals surface area contributed by atoms with Crippen LogP contribution in [0.1, 0.15) is 42.3 Å². The van der Waals surface area contributed by atoms with E-state index >= 15 is 0 Å². The number of carbonyl (C=O) groups excluding carboxylic acids is 1. The molecule has 0 radical (unpaired) electrons. The molecule has 0 spiro atoms. The molecule has 7 heteroatoms. The first-order chi connectivity index (χ1) is 15.6. The molecule has 2 aromatic carbocycles. The Morgan fingerprint density at radius 3 is 2.50 bits per heavy atom. The first-order valence-corrected chi connectivity index (χ1v) is 10.6. The van der Waals surface area contributed by atoms with Gasteiger partial charge in [0.1, 0.15) is 11.6 Å². The summed E-state index contributed by atoms with van der Waals surface area (Å²) in [6, 6.07) is 14.2. The standard InChI is InChI=1S/C25H21F2N3O2/c26-18-10-7-16(8-11-18)23-24(30(15-28-23)19-4-1-2-5-19)17-9-12-20(27)21(14-17)29-25(31)22-6-3-13-32-22/h3,6-15,19H,1-2,4-5H2,(H,29,31). The van der Waals surface area contributed by atoms with Crippen molar-refractivity contribution in [3.05, 3.63) is 84.6 Å². The molecule has 0 atom stereocenters. The van der Waals surface area contributed by atoms with Crippen molar-refractivity contribution in [2.45, 2.75) is 31.7 Å². The van der Waals surface area contributed by atoms with Crippen LogP contribution in [0.15, 0.2) is 71.6 Å². The molecule has 32 heavy (non-hydrogen) atoms. The summed E-state index contributed by atoms with van der Waals surface area (Å²) in [7, 11) is 0. The molecule has 0 aliphatic heterocycles. The number of hydrogen-bond donors (Lipinski definition) is 1. The number of nitrogens with one attached hydrogen (secondary N) is 1. The monoisotopic (exact) mass is 433 g/mol. The maximum Gasteiger partial charge on any atom is 0.291 e. The summed E-state index contributed by atoms with van der Waals surface area (Å²) in [6.07, 6.45) is 7.54. The van der Waals surface area contributed by atoms with Crippen LogP contribution in [0.25, 0.3) is 22.5 Å². The van der Waals surface area contributed by atoms with Crippen LogP contribution in [0.3, 0.4) is 0 Å². The maximum atomic E-state index is 14.6. The van der Waals surface area contributed by atoms with E-state index in [9.17, 15) is 13.6 Å². The third-order valence-corrected chi connectivity index (χ3v) is 5.86. The van der Waals surface area contributed by atoms with Crippen molar-refractivity contribution in [1.29, 1.82) is 0 Å². The zero-order valence-electron chi connectivity index (χ0n) is 17.2. The van der Waals surface area contributed by atoms with Crippen molar-refractivity contribution < 1.29 is 18.0 Å². The molecule has 1 aliphatic rings. The molecule has 5 nitrogen and oxygen atoms in total. The van der Waals surface area contributed by atoms with Crippen LogP contribution < -0.4 is 5.32 Å². The number of benzene rings is 2. The molecule has 0 unspecified atom stereocenters. The number of aromatic nitrogens is 2. The van der Waals surface area contributed by atoms with Gasteiger partial charge in [-0.3, -0.25) is 4.79 Å². The minimum Gasteiger partial charge on any atom is -0.459 e. The Hall–Kier alpha value is -3.74. The Balaban J connectivity index is 1.59. The Bertz CT molecular complexity index is 1240. The van der Waals surface area contributed by atoms with Gasteiger partial charge in [-0.05, 0) is 67.4 Å². The van der Waals surface area contributed by atoms with Crippen molar-refractivity contribution in [2.24, 2.45) is 0 Å². The SMILES string of the molecule is O=C(Nc1cc(-c2c(-c3ccc(F)cc3)ncn2C2CCCC2)ccc1F)c1ccco1. The third-order valence-electron chi connectivity index (χ3n) is 5.86. The topological polar surface area (TPSA) is 60.1 Å². The Kier molecular flexibility index (Phi) is 5.31. The van der Waals surface area contributed by atoms with Gasteiger partial charge in [0.2, 0.25) is 0 Å². The lowest BCUT2D eigenvalue weighted by molar-refractivity contribution is 0.0996. The number of carbonyl (C=O) groups is 1. The number of rotatable bonds is 5.